The lowest BCUT2D eigenvalue weighted by Gasteiger charge is -2.14. The minimum absolute atomic E-state index is 0.0151. The second-order valence-corrected chi connectivity index (χ2v) is 8.71. The van der Waals surface area contributed by atoms with Gasteiger partial charge >= 0.3 is 0 Å². The van der Waals surface area contributed by atoms with E-state index in [1.807, 2.05) is 43.3 Å². The molecule has 36 heavy (non-hydrogen) atoms. The molecule has 0 fully saturated rings. The number of hydrogen-bond donors (Lipinski definition) is 2. The van der Waals surface area contributed by atoms with Crippen LogP contribution >= 0.6 is 11.6 Å². The van der Waals surface area contributed by atoms with Crippen LogP contribution < -0.4 is 20.3 Å². The molecule has 0 unspecified atom stereocenters. The van der Waals surface area contributed by atoms with E-state index >= 15 is 0 Å². The molecule has 0 aliphatic rings. The van der Waals surface area contributed by atoms with Gasteiger partial charge in [-0.3, -0.25) is 9.59 Å². The number of carbonyl (C=O) groups is 2. The predicted octanol–water partition coefficient (Wildman–Crippen LogP) is 6.13. The summed E-state index contributed by atoms with van der Waals surface area (Å²) in [7, 11) is 3.86. The molecule has 0 aromatic heterocycles. The first-order valence-corrected chi connectivity index (χ1v) is 11.9. The third kappa shape index (κ3) is 7.58. The molecule has 0 heterocycles. The summed E-state index contributed by atoms with van der Waals surface area (Å²) < 4.78 is 19.2. The van der Waals surface area contributed by atoms with Crippen LogP contribution in [-0.2, 0) is 4.79 Å². The normalized spacial score (nSPS) is 11.1. The molecule has 3 rings (SSSR count). The maximum Gasteiger partial charge on any atom is 0.272 e. The second-order valence-electron chi connectivity index (χ2n) is 8.31. The van der Waals surface area contributed by atoms with E-state index in [0.29, 0.717) is 29.2 Å². The standard InChI is InChI=1S/C28H29ClFN3O3/c1-4-5-16-36-23-13-8-20(9-14-23)27(34)32-26(17-19-6-11-22(12-7-19)33(2)3)28(35)31-21-10-15-25(30)24(29)18-21/h6-15,17-18H,4-5,16H2,1-3H3,(H,31,35)(H,32,34)/b26-17+. The Morgan fingerprint density at radius 2 is 1.72 bits per heavy atom. The van der Waals surface area contributed by atoms with Gasteiger partial charge in [-0.25, -0.2) is 4.39 Å². The number of nitrogens with zero attached hydrogens (tertiary/aromatic N) is 1. The molecule has 0 atom stereocenters. The van der Waals surface area contributed by atoms with Crippen LogP contribution in [0.25, 0.3) is 6.08 Å². The van der Waals surface area contributed by atoms with Crippen LogP contribution in [0.15, 0.2) is 72.4 Å². The molecule has 2 amide bonds. The van der Waals surface area contributed by atoms with Crippen LogP contribution in [0.4, 0.5) is 15.8 Å². The highest BCUT2D eigenvalue weighted by Crippen LogP contribution is 2.21. The smallest absolute Gasteiger partial charge is 0.272 e. The van der Waals surface area contributed by atoms with E-state index < -0.39 is 17.6 Å². The number of rotatable bonds is 10. The summed E-state index contributed by atoms with van der Waals surface area (Å²) in [6.07, 6.45) is 3.54. The molecule has 3 aromatic carbocycles. The van der Waals surface area contributed by atoms with Crippen LogP contribution in [0.3, 0.4) is 0 Å². The number of nitrogens with one attached hydrogen (secondary N) is 2. The Morgan fingerprint density at radius 3 is 2.33 bits per heavy atom. The van der Waals surface area contributed by atoms with Gasteiger partial charge in [0.05, 0.1) is 11.6 Å². The topological polar surface area (TPSA) is 70.7 Å². The van der Waals surface area contributed by atoms with Gasteiger partial charge in [0.2, 0.25) is 0 Å². The first kappa shape index (κ1) is 26.8. The van der Waals surface area contributed by atoms with Crippen LogP contribution in [0, 0.1) is 5.82 Å². The largest absolute Gasteiger partial charge is 0.494 e. The molecule has 0 saturated carbocycles. The molecule has 3 aromatic rings. The van der Waals surface area contributed by atoms with Crippen molar-refractivity contribution in [1.82, 2.24) is 5.32 Å². The van der Waals surface area contributed by atoms with Crippen LogP contribution in [0.1, 0.15) is 35.7 Å². The summed E-state index contributed by atoms with van der Waals surface area (Å²) in [5.74, 6) is -0.967. The van der Waals surface area contributed by atoms with Crippen molar-refractivity contribution < 1.29 is 18.7 Å². The minimum atomic E-state index is -0.596. The molecule has 0 saturated heterocycles. The SMILES string of the molecule is CCCCOc1ccc(C(=O)N/C(=C/c2ccc(N(C)C)cc2)C(=O)Nc2ccc(F)c(Cl)c2)cc1. The van der Waals surface area contributed by atoms with E-state index in [2.05, 4.69) is 17.6 Å². The Labute approximate surface area is 215 Å². The molecule has 0 radical (unpaired) electrons. The number of amides is 2. The van der Waals surface area contributed by atoms with Gasteiger partial charge in [-0.1, -0.05) is 37.1 Å². The predicted molar refractivity (Wildman–Crippen MR) is 143 cm³/mol. The van der Waals surface area contributed by atoms with Gasteiger partial charge in [-0.15, -0.1) is 0 Å². The van der Waals surface area contributed by atoms with Crippen LogP contribution in [0.2, 0.25) is 5.02 Å². The molecule has 6 nitrogen and oxygen atoms in total. The van der Waals surface area contributed by atoms with Crippen molar-refractivity contribution in [2.24, 2.45) is 0 Å². The summed E-state index contributed by atoms with van der Waals surface area (Å²) in [4.78, 5) is 28.0. The highest BCUT2D eigenvalue weighted by molar-refractivity contribution is 6.31. The Bertz CT molecular complexity index is 1230. The average molecular weight is 510 g/mol. The number of halogens is 2. The lowest BCUT2D eigenvalue weighted by Crippen LogP contribution is -2.30. The van der Waals surface area contributed by atoms with Crippen molar-refractivity contribution in [2.45, 2.75) is 19.8 Å². The molecule has 8 heteroatoms. The lowest BCUT2D eigenvalue weighted by atomic mass is 10.1. The van der Waals surface area contributed by atoms with Crippen LogP contribution in [-0.4, -0.2) is 32.5 Å². The number of carbonyl (C=O) groups excluding carboxylic acids is 2. The molecular formula is C28H29ClFN3O3. The summed E-state index contributed by atoms with van der Waals surface area (Å²) in [6, 6.07) is 18.0. The number of unbranched alkanes of at least 4 members (excludes halogenated alkanes) is 1. The van der Waals surface area contributed by atoms with Gasteiger partial charge in [0.15, 0.2) is 0 Å². The summed E-state index contributed by atoms with van der Waals surface area (Å²) in [6.45, 7) is 2.69. The molecule has 2 N–H and O–H groups in total. The van der Waals surface area contributed by atoms with E-state index in [4.69, 9.17) is 16.3 Å². The first-order valence-electron chi connectivity index (χ1n) is 11.6. The molecule has 0 aliphatic heterocycles. The molecule has 0 aliphatic carbocycles. The fourth-order valence-electron chi connectivity index (χ4n) is 3.20. The van der Waals surface area contributed by atoms with Crippen molar-refractivity contribution >= 4 is 40.9 Å². The van der Waals surface area contributed by atoms with Gasteiger partial charge < -0.3 is 20.3 Å². The van der Waals surface area contributed by atoms with Gasteiger partial charge in [0.25, 0.3) is 11.8 Å². The van der Waals surface area contributed by atoms with Crippen molar-refractivity contribution in [2.75, 3.05) is 30.9 Å². The number of benzene rings is 3. The number of hydrogen-bond acceptors (Lipinski definition) is 4. The molecular weight excluding hydrogens is 481 g/mol. The monoisotopic (exact) mass is 509 g/mol. The van der Waals surface area contributed by atoms with Gasteiger partial charge in [0, 0.05) is 31.0 Å². The fraction of sp³-hybridized carbons (Fsp3) is 0.214. The van der Waals surface area contributed by atoms with Crippen molar-refractivity contribution in [3.8, 4) is 5.75 Å². The number of anilines is 2. The Kier molecular flexibility index (Phi) is 9.47. The van der Waals surface area contributed by atoms with E-state index in [1.165, 1.54) is 12.1 Å². The average Bonchev–Trinajstić information content (AvgIpc) is 2.86. The zero-order valence-electron chi connectivity index (χ0n) is 20.5. The Hall–Kier alpha value is -3.84. The van der Waals surface area contributed by atoms with E-state index in [1.54, 1.807) is 30.3 Å². The van der Waals surface area contributed by atoms with E-state index in [0.717, 1.165) is 24.6 Å². The van der Waals surface area contributed by atoms with E-state index in [-0.39, 0.29) is 10.7 Å². The van der Waals surface area contributed by atoms with Gasteiger partial charge in [-0.05, 0) is 72.7 Å². The summed E-state index contributed by atoms with van der Waals surface area (Å²) in [5.41, 5.74) is 2.38. The third-order valence-corrected chi connectivity index (χ3v) is 5.56. The Balaban J connectivity index is 1.82. The van der Waals surface area contributed by atoms with Crippen molar-refractivity contribution in [3.05, 3.63) is 94.4 Å². The van der Waals surface area contributed by atoms with Gasteiger partial charge in [0.1, 0.15) is 17.3 Å². The zero-order chi connectivity index (χ0) is 26.1. The maximum atomic E-state index is 13.5. The maximum absolute atomic E-state index is 13.5. The highest BCUT2D eigenvalue weighted by atomic mass is 35.5. The van der Waals surface area contributed by atoms with Gasteiger partial charge in [-0.2, -0.15) is 0 Å². The second kappa shape index (κ2) is 12.7. The van der Waals surface area contributed by atoms with Crippen LogP contribution in [0.5, 0.6) is 5.75 Å². The Morgan fingerprint density at radius 1 is 1.03 bits per heavy atom. The highest BCUT2D eigenvalue weighted by Gasteiger charge is 2.16. The lowest BCUT2D eigenvalue weighted by molar-refractivity contribution is -0.113. The molecule has 188 valence electrons. The summed E-state index contributed by atoms with van der Waals surface area (Å²) in [5, 5.41) is 5.22. The third-order valence-electron chi connectivity index (χ3n) is 5.27. The fourth-order valence-corrected chi connectivity index (χ4v) is 3.38. The minimum Gasteiger partial charge on any atom is -0.494 e. The quantitative estimate of drug-likeness (QED) is 0.254. The summed E-state index contributed by atoms with van der Waals surface area (Å²) >= 11 is 5.84. The molecule has 0 bridgehead atoms. The zero-order valence-corrected chi connectivity index (χ0v) is 21.2. The number of ether oxygens (including phenoxy) is 1. The van der Waals surface area contributed by atoms with Crippen molar-refractivity contribution in [1.29, 1.82) is 0 Å². The van der Waals surface area contributed by atoms with E-state index in [9.17, 15) is 14.0 Å². The molecule has 0 spiro atoms. The van der Waals surface area contributed by atoms with Crippen molar-refractivity contribution in [3.63, 3.8) is 0 Å². The first-order chi connectivity index (χ1) is 17.3.